The van der Waals surface area contributed by atoms with Crippen LogP contribution in [0.25, 0.3) is 0 Å². The van der Waals surface area contributed by atoms with Gasteiger partial charge in [-0.15, -0.1) is 0 Å². The highest BCUT2D eigenvalue weighted by atomic mass is 32.2. The average Bonchev–Trinajstić information content (AvgIpc) is 2.88. The Morgan fingerprint density at radius 2 is 2.04 bits per heavy atom. The van der Waals surface area contributed by atoms with Crippen LogP contribution in [0.15, 0.2) is 12.4 Å². The molecule has 1 aliphatic rings. The van der Waals surface area contributed by atoms with Crippen LogP contribution in [0.4, 0.5) is 5.95 Å². The molecule has 1 atom stereocenters. The second kappa shape index (κ2) is 7.92. The molecule has 1 fully saturated rings. The Labute approximate surface area is 143 Å². The lowest BCUT2D eigenvalue weighted by Gasteiger charge is -2.26. The van der Waals surface area contributed by atoms with Gasteiger partial charge in [0.05, 0.1) is 17.1 Å². The summed E-state index contributed by atoms with van der Waals surface area (Å²) in [5, 5.41) is 3.12. The Morgan fingerprint density at radius 3 is 2.54 bits per heavy atom. The van der Waals surface area contributed by atoms with E-state index in [-0.39, 0.29) is 23.5 Å². The highest BCUT2D eigenvalue weighted by Crippen LogP contribution is 2.19. The molecule has 0 aromatic carbocycles. The van der Waals surface area contributed by atoms with Gasteiger partial charge in [0.2, 0.25) is 5.95 Å². The van der Waals surface area contributed by atoms with Gasteiger partial charge in [-0.1, -0.05) is 13.8 Å². The largest absolute Gasteiger partial charge is 0.354 e. The Balaban J connectivity index is 2.00. The van der Waals surface area contributed by atoms with Gasteiger partial charge in [-0.2, -0.15) is 0 Å². The number of hydrogen-bond donors (Lipinski definition) is 1. The molecule has 1 N–H and O–H groups in total. The van der Waals surface area contributed by atoms with E-state index in [1.165, 1.54) is 12.4 Å². The molecule has 1 unspecified atom stereocenters. The van der Waals surface area contributed by atoms with Crippen molar-refractivity contribution in [3.8, 4) is 0 Å². The van der Waals surface area contributed by atoms with Crippen molar-refractivity contribution in [1.82, 2.24) is 14.9 Å². The highest BCUT2D eigenvalue weighted by Gasteiger charge is 2.34. The van der Waals surface area contributed by atoms with Gasteiger partial charge in [0, 0.05) is 31.5 Å². The van der Waals surface area contributed by atoms with Crippen LogP contribution in [0.1, 0.15) is 44.0 Å². The fraction of sp³-hybridized carbons (Fsp3) is 0.688. The first-order chi connectivity index (χ1) is 11.3. The molecule has 1 amide bonds. The van der Waals surface area contributed by atoms with Crippen molar-refractivity contribution < 1.29 is 13.2 Å². The smallest absolute Gasteiger partial charge is 0.257 e. The number of sulfone groups is 1. The van der Waals surface area contributed by atoms with Crippen LogP contribution < -0.4 is 5.32 Å². The first kappa shape index (κ1) is 18.6. The monoisotopic (exact) mass is 354 g/mol. The van der Waals surface area contributed by atoms with Gasteiger partial charge in [0.25, 0.3) is 5.91 Å². The second-order valence-corrected chi connectivity index (χ2v) is 8.78. The van der Waals surface area contributed by atoms with E-state index < -0.39 is 9.84 Å². The maximum atomic E-state index is 12.6. The minimum atomic E-state index is -3.03. The standard InChI is InChI=1S/C16H26N4O3S/c1-4-20(14-6-8-24(22,23)11-14)15(21)13-9-18-16(19-10-13)17-7-5-12(2)3/h9-10,12,14H,4-8,11H2,1-3H3,(H,17,18,19). The molecule has 0 saturated carbocycles. The number of nitrogens with zero attached hydrogens (tertiary/aromatic N) is 3. The third-order valence-electron chi connectivity index (χ3n) is 4.15. The summed E-state index contributed by atoms with van der Waals surface area (Å²) in [7, 11) is -3.03. The first-order valence-corrected chi connectivity index (χ1v) is 10.2. The van der Waals surface area contributed by atoms with Crippen molar-refractivity contribution in [2.45, 2.75) is 39.7 Å². The minimum Gasteiger partial charge on any atom is -0.354 e. The van der Waals surface area contributed by atoms with Gasteiger partial charge in [-0.05, 0) is 25.7 Å². The van der Waals surface area contributed by atoms with Crippen molar-refractivity contribution in [1.29, 1.82) is 0 Å². The van der Waals surface area contributed by atoms with Crippen LogP contribution in [0, 0.1) is 5.92 Å². The Hall–Kier alpha value is -1.70. The van der Waals surface area contributed by atoms with E-state index in [0.717, 1.165) is 13.0 Å². The molecular formula is C16H26N4O3S. The van der Waals surface area contributed by atoms with Crippen LogP contribution in [0.5, 0.6) is 0 Å². The lowest BCUT2D eigenvalue weighted by molar-refractivity contribution is 0.0707. The maximum Gasteiger partial charge on any atom is 0.257 e. The predicted molar refractivity (Wildman–Crippen MR) is 93.7 cm³/mol. The van der Waals surface area contributed by atoms with Crippen molar-refractivity contribution in [2.75, 3.05) is 29.9 Å². The third-order valence-corrected chi connectivity index (χ3v) is 5.90. The zero-order valence-electron chi connectivity index (χ0n) is 14.5. The van der Waals surface area contributed by atoms with Crippen LogP contribution in [0.3, 0.4) is 0 Å². The molecule has 24 heavy (non-hydrogen) atoms. The number of rotatable bonds is 7. The number of carbonyl (C=O) groups excluding carboxylic acids is 1. The van der Waals surface area contributed by atoms with Gasteiger partial charge < -0.3 is 10.2 Å². The van der Waals surface area contributed by atoms with E-state index in [4.69, 9.17) is 0 Å². The number of amides is 1. The van der Waals surface area contributed by atoms with E-state index in [0.29, 0.717) is 30.4 Å². The first-order valence-electron chi connectivity index (χ1n) is 8.39. The molecule has 2 heterocycles. The number of carbonyl (C=O) groups is 1. The summed E-state index contributed by atoms with van der Waals surface area (Å²) >= 11 is 0. The summed E-state index contributed by atoms with van der Waals surface area (Å²) in [5.74, 6) is 1.07. The molecule has 0 aliphatic carbocycles. The number of aromatic nitrogens is 2. The van der Waals surface area contributed by atoms with E-state index in [1.54, 1.807) is 4.90 Å². The summed E-state index contributed by atoms with van der Waals surface area (Å²) in [6.45, 7) is 7.39. The molecule has 2 rings (SSSR count). The molecule has 8 heteroatoms. The Morgan fingerprint density at radius 1 is 1.38 bits per heavy atom. The quantitative estimate of drug-likeness (QED) is 0.799. The van der Waals surface area contributed by atoms with Crippen LogP contribution in [-0.4, -0.2) is 59.8 Å². The summed E-state index contributed by atoms with van der Waals surface area (Å²) in [5.41, 5.74) is 0.385. The number of hydrogen-bond acceptors (Lipinski definition) is 6. The van der Waals surface area contributed by atoms with Crippen LogP contribution >= 0.6 is 0 Å². The average molecular weight is 354 g/mol. The molecule has 1 saturated heterocycles. The molecule has 0 spiro atoms. The maximum absolute atomic E-state index is 12.6. The Kier molecular flexibility index (Phi) is 6.15. The molecule has 0 bridgehead atoms. The summed E-state index contributed by atoms with van der Waals surface area (Å²) in [4.78, 5) is 22.6. The van der Waals surface area contributed by atoms with Gasteiger partial charge in [-0.3, -0.25) is 4.79 Å². The normalized spacial score (nSPS) is 19.4. The van der Waals surface area contributed by atoms with E-state index in [9.17, 15) is 13.2 Å². The van der Waals surface area contributed by atoms with Gasteiger partial charge in [0.15, 0.2) is 9.84 Å². The second-order valence-electron chi connectivity index (χ2n) is 6.55. The molecule has 1 aliphatic heterocycles. The minimum absolute atomic E-state index is 0.0439. The van der Waals surface area contributed by atoms with Gasteiger partial charge in [-0.25, -0.2) is 18.4 Å². The van der Waals surface area contributed by atoms with Crippen molar-refractivity contribution in [2.24, 2.45) is 5.92 Å². The molecular weight excluding hydrogens is 328 g/mol. The van der Waals surface area contributed by atoms with Gasteiger partial charge in [0.1, 0.15) is 0 Å². The summed E-state index contributed by atoms with van der Waals surface area (Å²) in [6.07, 6.45) is 4.51. The molecule has 0 radical (unpaired) electrons. The lowest BCUT2D eigenvalue weighted by atomic mass is 10.1. The van der Waals surface area contributed by atoms with E-state index >= 15 is 0 Å². The predicted octanol–water partition coefficient (Wildman–Crippen LogP) is 1.58. The van der Waals surface area contributed by atoms with Crippen LogP contribution in [-0.2, 0) is 9.84 Å². The number of anilines is 1. The lowest BCUT2D eigenvalue weighted by Crippen LogP contribution is -2.41. The van der Waals surface area contributed by atoms with Crippen molar-refractivity contribution in [3.63, 3.8) is 0 Å². The van der Waals surface area contributed by atoms with E-state index in [1.807, 2.05) is 6.92 Å². The third kappa shape index (κ3) is 4.90. The molecule has 1 aromatic rings. The van der Waals surface area contributed by atoms with Crippen LogP contribution in [0.2, 0.25) is 0 Å². The molecule has 1 aromatic heterocycles. The topological polar surface area (TPSA) is 92.3 Å². The summed E-state index contributed by atoms with van der Waals surface area (Å²) in [6, 6.07) is -0.253. The SMILES string of the molecule is CCN(C(=O)c1cnc(NCCC(C)C)nc1)C1CCS(=O)(=O)C1. The van der Waals surface area contributed by atoms with Gasteiger partial charge >= 0.3 is 0 Å². The Bertz CT molecular complexity index is 658. The molecule has 7 nitrogen and oxygen atoms in total. The zero-order chi connectivity index (χ0) is 17.7. The molecule has 134 valence electrons. The summed E-state index contributed by atoms with van der Waals surface area (Å²) < 4.78 is 23.3. The fourth-order valence-corrected chi connectivity index (χ4v) is 4.49. The number of nitrogens with one attached hydrogen (secondary N) is 1. The van der Waals surface area contributed by atoms with Crippen molar-refractivity contribution in [3.05, 3.63) is 18.0 Å². The fourth-order valence-electron chi connectivity index (χ4n) is 2.76. The van der Waals surface area contributed by atoms with E-state index in [2.05, 4.69) is 29.1 Å². The highest BCUT2D eigenvalue weighted by molar-refractivity contribution is 7.91. The van der Waals surface area contributed by atoms with Crippen molar-refractivity contribution >= 4 is 21.7 Å². The zero-order valence-corrected chi connectivity index (χ0v) is 15.3.